The monoisotopic (exact) mass is 553 g/mol. The van der Waals surface area contributed by atoms with Crippen molar-refractivity contribution < 1.29 is 28.9 Å². The molecule has 8 heteroatoms. The van der Waals surface area contributed by atoms with Crippen molar-refractivity contribution in [2.24, 2.45) is 5.41 Å². The molecule has 4 rings (SSSR count). The molecule has 2 heterocycles. The van der Waals surface area contributed by atoms with E-state index in [1.54, 1.807) is 7.11 Å². The molecule has 0 saturated heterocycles. The third kappa shape index (κ3) is 6.37. The Bertz CT molecular complexity index is 1320. The largest absolute Gasteiger partial charge is 0.493 e. The van der Waals surface area contributed by atoms with Crippen molar-refractivity contribution in [2.45, 2.75) is 104 Å². The van der Waals surface area contributed by atoms with Gasteiger partial charge in [0.1, 0.15) is 11.2 Å². The first-order chi connectivity index (χ1) is 18.8. The molecule has 1 N–H and O–H groups in total. The van der Waals surface area contributed by atoms with Crippen LogP contribution in [0.15, 0.2) is 29.2 Å². The molecule has 1 aromatic carbocycles. The Balaban J connectivity index is 1.45. The number of carbonyl (C=O) groups excluding carboxylic acids is 1. The number of carbonyl (C=O) groups is 2. The van der Waals surface area contributed by atoms with Crippen molar-refractivity contribution in [3.05, 3.63) is 45.7 Å². The highest BCUT2D eigenvalue weighted by molar-refractivity contribution is 5.88. The van der Waals surface area contributed by atoms with Crippen LogP contribution >= 0.6 is 0 Å². The Morgan fingerprint density at radius 3 is 2.42 bits per heavy atom. The number of pyridine rings is 1. The first-order valence-electron chi connectivity index (χ1n) is 14.4. The van der Waals surface area contributed by atoms with Gasteiger partial charge in [0.2, 0.25) is 0 Å². The molecule has 1 fully saturated rings. The first kappa shape index (κ1) is 29.7. The summed E-state index contributed by atoms with van der Waals surface area (Å²) in [5, 5.41) is 9.61. The number of methoxy groups -OCH3 is 1. The molecule has 0 radical (unpaired) electrons. The highest BCUT2D eigenvalue weighted by atomic mass is 16.6. The number of aromatic carboxylic acids is 1. The summed E-state index contributed by atoms with van der Waals surface area (Å²) in [7, 11) is 1.60. The van der Waals surface area contributed by atoms with E-state index in [4.69, 9.17) is 14.2 Å². The second kappa shape index (κ2) is 11.7. The van der Waals surface area contributed by atoms with Crippen LogP contribution in [0.4, 0.5) is 0 Å². The van der Waals surface area contributed by atoms with Gasteiger partial charge < -0.3 is 23.9 Å². The third-order valence-electron chi connectivity index (χ3n) is 8.11. The molecule has 2 aromatic rings. The Morgan fingerprint density at radius 1 is 1.05 bits per heavy atom. The van der Waals surface area contributed by atoms with E-state index in [0.29, 0.717) is 24.5 Å². The fraction of sp³-hybridized carbons (Fsp3) is 0.594. The molecule has 8 nitrogen and oxygen atoms in total. The fourth-order valence-electron chi connectivity index (χ4n) is 6.28. The minimum atomic E-state index is -1.21. The van der Waals surface area contributed by atoms with Gasteiger partial charge in [0.15, 0.2) is 16.9 Å². The van der Waals surface area contributed by atoms with Gasteiger partial charge in [-0.05, 0) is 69.6 Å². The Labute approximate surface area is 236 Å². The molecule has 218 valence electrons. The summed E-state index contributed by atoms with van der Waals surface area (Å²) in [6.45, 7) is 10.6. The third-order valence-corrected chi connectivity index (χ3v) is 8.11. The Morgan fingerprint density at radius 2 is 1.75 bits per heavy atom. The molecule has 2 aliphatic rings. The number of hydrogen-bond acceptors (Lipinski definition) is 6. The van der Waals surface area contributed by atoms with E-state index in [1.165, 1.54) is 12.3 Å². The van der Waals surface area contributed by atoms with Crippen molar-refractivity contribution in [1.29, 1.82) is 0 Å². The number of esters is 1. The van der Waals surface area contributed by atoms with Crippen LogP contribution in [-0.4, -0.2) is 40.9 Å². The Kier molecular flexibility index (Phi) is 8.66. The Hall–Kier alpha value is -3.29. The van der Waals surface area contributed by atoms with E-state index < -0.39 is 17.0 Å². The van der Waals surface area contributed by atoms with E-state index in [0.717, 1.165) is 61.8 Å². The number of nitrogens with zero attached hydrogens (tertiary/aromatic N) is 1. The van der Waals surface area contributed by atoms with Crippen LogP contribution in [-0.2, 0) is 9.53 Å². The van der Waals surface area contributed by atoms with Gasteiger partial charge in [0.25, 0.3) is 0 Å². The normalized spacial score (nSPS) is 18.9. The molecule has 0 bridgehead atoms. The van der Waals surface area contributed by atoms with Gasteiger partial charge in [-0.2, -0.15) is 0 Å². The van der Waals surface area contributed by atoms with Crippen molar-refractivity contribution in [3.8, 4) is 22.8 Å². The van der Waals surface area contributed by atoms with Gasteiger partial charge in [-0.15, -0.1) is 0 Å². The van der Waals surface area contributed by atoms with Crippen LogP contribution in [0.3, 0.4) is 0 Å². The van der Waals surface area contributed by atoms with Crippen LogP contribution in [0.25, 0.3) is 11.3 Å². The van der Waals surface area contributed by atoms with Crippen molar-refractivity contribution in [2.75, 3.05) is 13.7 Å². The predicted octanol–water partition coefficient (Wildman–Crippen LogP) is 6.74. The number of carboxylic acid groups (broad SMARTS) is 1. The zero-order valence-electron chi connectivity index (χ0n) is 24.7. The summed E-state index contributed by atoms with van der Waals surface area (Å²) in [5.74, 6) is 0.112. The lowest BCUT2D eigenvalue weighted by Gasteiger charge is -2.40. The quantitative estimate of drug-likeness (QED) is 0.243. The van der Waals surface area contributed by atoms with Crippen LogP contribution in [0.5, 0.6) is 11.5 Å². The minimum absolute atomic E-state index is 0.0376. The van der Waals surface area contributed by atoms with E-state index in [1.807, 2.05) is 31.4 Å². The topological polar surface area (TPSA) is 104 Å². The summed E-state index contributed by atoms with van der Waals surface area (Å²) in [6.07, 6.45) is 8.65. The van der Waals surface area contributed by atoms with Crippen LogP contribution in [0.1, 0.15) is 114 Å². The maximum absolute atomic E-state index is 12.7. The van der Waals surface area contributed by atoms with Crippen LogP contribution in [0, 0.1) is 5.41 Å². The molecule has 1 aromatic heterocycles. The van der Waals surface area contributed by atoms with Crippen molar-refractivity contribution in [1.82, 2.24) is 4.57 Å². The SMILES string of the molecule is COc1cc2c(cc1OCCCCCCCC(=O)OC(C)(C)C)[C@H]1CCC(C)(C)[C@H]1n1cc(C(=O)O)c(=O)cc1-2. The highest BCUT2D eigenvalue weighted by Gasteiger charge is 2.47. The summed E-state index contributed by atoms with van der Waals surface area (Å²) in [4.78, 5) is 36.3. The maximum Gasteiger partial charge on any atom is 0.341 e. The van der Waals surface area contributed by atoms with E-state index in [-0.39, 0.29) is 28.9 Å². The van der Waals surface area contributed by atoms with Crippen molar-refractivity contribution >= 4 is 11.9 Å². The van der Waals surface area contributed by atoms with Gasteiger partial charge in [-0.1, -0.05) is 33.1 Å². The van der Waals surface area contributed by atoms with E-state index in [9.17, 15) is 19.5 Å². The second-order valence-corrected chi connectivity index (χ2v) is 12.8. The number of ether oxygens (including phenoxy) is 3. The second-order valence-electron chi connectivity index (χ2n) is 12.8. The predicted molar refractivity (Wildman–Crippen MR) is 153 cm³/mol. The standard InChI is InChI=1S/C32H43NO7/c1-31(2,3)40-28(35)12-10-8-7-9-11-15-39-27-16-21-20-13-14-32(4,5)29(20)33-19-23(30(36)37)25(34)18-24(33)22(21)17-26(27)38-6/h16-20,29H,7-15H2,1-6H3,(H,36,37)/t20-,29+/m1/s1. The molecule has 0 amide bonds. The van der Waals surface area contributed by atoms with Crippen LogP contribution < -0.4 is 14.9 Å². The number of aromatic nitrogens is 1. The van der Waals surface area contributed by atoms with Gasteiger partial charge in [-0.25, -0.2) is 4.79 Å². The summed E-state index contributed by atoms with van der Waals surface area (Å²) >= 11 is 0. The lowest BCUT2D eigenvalue weighted by Crippen LogP contribution is -2.32. The number of rotatable bonds is 11. The van der Waals surface area contributed by atoms with E-state index in [2.05, 4.69) is 19.9 Å². The molecule has 1 aliphatic heterocycles. The van der Waals surface area contributed by atoms with Gasteiger partial charge in [0.05, 0.1) is 19.4 Å². The number of carboxylic acids is 1. The summed E-state index contributed by atoms with van der Waals surface area (Å²) in [5.41, 5.74) is 1.53. The van der Waals surface area contributed by atoms with Gasteiger partial charge in [-0.3, -0.25) is 9.59 Å². The first-order valence-corrected chi connectivity index (χ1v) is 14.4. The molecular weight excluding hydrogens is 510 g/mol. The fourth-order valence-corrected chi connectivity index (χ4v) is 6.28. The number of unbranched alkanes of at least 4 members (excludes halogenated alkanes) is 4. The average molecular weight is 554 g/mol. The van der Waals surface area contributed by atoms with Gasteiger partial charge in [0, 0.05) is 36.2 Å². The number of fused-ring (bicyclic) bond motifs is 6. The number of hydrogen-bond donors (Lipinski definition) is 1. The zero-order valence-corrected chi connectivity index (χ0v) is 24.7. The van der Waals surface area contributed by atoms with E-state index >= 15 is 0 Å². The van der Waals surface area contributed by atoms with Crippen LogP contribution in [0.2, 0.25) is 0 Å². The summed E-state index contributed by atoms with van der Waals surface area (Å²) in [6, 6.07) is 5.48. The maximum atomic E-state index is 12.7. The minimum Gasteiger partial charge on any atom is -0.493 e. The summed E-state index contributed by atoms with van der Waals surface area (Å²) < 4.78 is 19.3. The molecular formula is C32H43NO7. The molecule has 1 aliphatic carbocycles. The molecule has 0 unspecified atom stereocenters. The lowest BCUT2D eigenvalue weighted by molar-refractivity contribution is -0.154. The molecule has 1 saturated carbocycles. The highest BCUT2D eigenvalue weighted by Crippen LogP contribution is 2.59. The zero-order chi connectivity index (χ0) is 29.2. The molecule has 2 atom stereocenters. The number of benzene rings is 1. The van der Waals surface area contributed by atoms with Crippen molar-refractivity contribution in [3.63, 3.8) is 0 Å². The molecule has 0 spiro atoms. The lowest BCUT2D eigenvalue weighted by atomic mass is 9.77. The van der Waals surface area contributed by atoms with Gasteiger partial charge >= 0.3 is 11.9 Å². The average Bonchev–Trinajstić information content (AvgIpc) is 3.18. The molecule has 40 heavy (non-hydrogen) atoms. The smallest absolute Gasteiger partial charge is 0.341 e.